The molecular formula is C6H10BrF2N. The van der Waals surface area contributed by atoms with Crippen LogP contribution in [0.5, 0.6) is 0 Å². The van der Waals surface area contributed by atoms with Gasteiger partial charge in [-0.3, -0.25) is 0 Å². The van der Waals surface area contributed by atoms with E-state index >= 15 is 0 Å². The van der Waals surface area contributed by atoms with Crippen LogP contribution in [0, 0.1) is 5.41 Å². The molecule has 1 atom stereocenters. The van der Waals surface area contributed by atoms with Gasteiger partial charge >= 0.3 is 0 Å². The molecule has 1 fully saturated rings. The Morgan fingerprint density at radius 1 is 1.60 bits per heavy atom. The van der Waals surface area contributed by atoms with Gasteiger partial charge in [-0.2, -0.15) is 0 Å². The van der Waals surface area contributed by atoms with Crippen LogP contribution < -0.4 is 5.32 Å². The van der Waals surface area contributed by atoms with E-state index in [4.69, 9.17) is 0 Å². The van der Waals surface area contributed by atoms with Gasteiger partial charge in [-0.05, 0) is 13.0 Å². The zero-order chi connectivity index (χ0) is 7.61. The lowest BCUT2D eigenvalue weighted by atomic mass is 9.91. The summed E-state index contributed by atoms with van der Waals surface area (Å²) in [6, 6.07) is 0. The Bertz CT molecular complexity index is 112. The van der Waals surface area contributed by atoms with E-state index in [1.54, 1.807) is 0 Å². The van der Waals surface area contributed by atoms with Crippen LogP contribution in [-0.4, -0.2) is 24.8 Å². The standard InChI is InChI=1S/C6H10BrF2N/c7-3-6(5(8)9)1-2-10-4-6/h5,10H,1-4H2. The summed E-state index contributed by atoms with van der Waals surface area (Å²) in [5, 5.41) is 3.33. The van der Waals surface area contributed by atoms with Crippen LogP contribution in [0.3, 0.4) is 0 Å². The van der Waals surface area contributed by atoms with E-state index in [0.717, 1.165) is 6.54 Å². The summed E-state index contributed by atoms with van der Waals surface area (Å²) < 4.78 is 24.7. The van der Waals surface area contributed by atoms with Gasteiger partial charge in [0.2, 0.25) is 6.43 Å². The maximum atomic E-state index is 12.3. The van der Waals surface area contributed by atoms with Gasteiger partial charge in [0, 0.05) is 11.9 Å². The van der Waals surface area contributed by atoms with Crippen LogP contribution in [0.2, 0.25) is 0 Å². The minimum Gasteiger partial charge on any atom is -0.316 e. The number of halogens is 3. The highest BCUT2D eigenvalue weighted by molar-refractivity contribution is 9.09. The molecule has 1 aliphatic rings. The molecule has 0 bridgehead atoms. The molecule has 0 aromatic heterocycles. The summed E-state index contributed by atoms with van der Waals surface area (Å²) >= 11 is 3.11. The molecule has 0 saturated carbocycles. The van der Waals surface area contributed by atoms with E-state index in [9.17, 15) is 8.78 Å². The van der Waals surface area contributed by atoms with Gasteiger partial charge in [-0.15, -0.1) is 0 Å². The summed E-state index contributed by atoms with van der Waals surface area (Å²) in [5.41, 5.74) is -0.792. The summed E-state index contributed by atoms with van der Waals surface area (Å²) in [6.07, 6.45) is -1.63. The Hall–Kier alpha value is 0.300. The number of hydrogen-bond donors (Lipinski definition) is 1. The quantitative estimate of drug-likeness (QED) is 0.689. The summed E-state index contributed by atoms with van der Waals surface area (Å²) in [5.74, 6) is 0. The van der Waals surface area contributed by atoms with Crippen LogP contribution in [0.15, 0.2) is 0 Å². The number of nitrogens with one attached hydrogen (secondary N) is 1. The molecule has 1 rings (SSSR count). The van der Waals surface area contributed by atoms with Crippen LogP contribution in [0.4, 0.5) is 8.78 Å². The molecule has 1 N–H and O–H groups in total. The smallest absolute Gasteiger partial charge is 0.246 e. The van der Waals surface area contributed by atoms with E-state index in [1.165, 1.54) is 0 Å². The van der Waals surface area contributed by atoms with Crippen LogP contribution >= 0.6 is 15.9 Å². The largest absolute Gasteiger partial charge is 0.316 e. The molecule has 0 aromatic carbocycles. The van der Waals surface area contributed by atoms with Crippen molar-refractivity contribution in [1.82, 2.24) is 5.32 Å². The second-order valence-corrected chi connectivity index (χ2v) is 3.28. The van der Waals surface area contributed by atoms with Crippen LogP contribution in [-0.2, 0) is 0 Å². The van der Waals surface area contributed by atoms with Gasteiger partial charge in [0.15, 0.2) is 0 Å². The zero-order valence-corrected chi connectivity index (χ0v) is 7.13. The Balaban J connectivity index is 2.58. The van der Waals surface area contributed by atoms with E-state index in [1.807, 2.05) is 0 Å². The Morgan fingerprint density at radius 2 is 2.30 bits per heavy atom. The third-order valence-corrected chi connectivity index (χ3v) is 3.12. The summed E-state index contributed by atoms with van der Waals surface area (Å²) in [6.45, 7) is 1.16. The Morgan fingerprint density at radius 3 is 2.50 bits per heavy atom. The monoisotopic (exact) mass is 213 g/mol. The third kappa shape index (κ3) is 1.32. The molecule has 1 saturated heterocycles. The molecule has 1 nitrogen and oxygen atoms in total. The van der Waals surface area contributed by atoms with Crippen molar-refractivity contribution < 1.29 is 8.78 Å². The SMILES string of the molecule is FC(F)C1(CBr)CCNC1. The maximum Gasteiger partial charge on any atom is 0.246 e. The maximum absolute atomic E-state index is 12.3. The molecule has 1 unspecified atom stereocenters. The molecule has 10 heavy (non-hydrogen) atoms. The average Bonchev–Trinajstić information content (AvgIpc) is 2.35. The van der Waals surface area contributed by atoms with E-state index < -0.39 is 11.8 Å². The third-order valence-electron chi connectivity index (χ3n) is 2.01. The van der Waals surface area contributed by atoms with Crippen molar-refractivity contribution in [2.24, 2.45) is 5.41 Å². The molecule has 0 aliphatic carbocycles. The van der Waals surface area contributed by atoms with Crippen LogP contribution in [0.1, 0.15) is 6.42 Å². The van der Waals surface area contributed by atoms with Crippen molar-refractivity contribution in [1.29, 1.82) is 0 Å². The minimum atomic E-state index is -2.21. The van der Waals surface area contributed by atoms with Crippen LogP contribution in [0.25, 0.3) is 0 Å². The Labute approximate surface area is 67.3 Å². The average molecular weight is 214 g/mol. The highest BCUT2D eigenvalue weighted by Gasteiger charge is 2.41. The van der Waals surface area contributed by atoms with Crippen molar-refractivity contribution in [3.63, 3.8) is 0 Å². The molecule has 0 aromatic rings. The number of alkyl halides is 3. The van der Waals surface area contributed by atoms with Crippen molar-refractivity contribution in [2.45, 2.75) is 12.8 Å². The predicted molar refractivity (Wildman–Crippen MR) is 39.7 cm³/mol. The number of hydrogen-bond acceptors (Lipinski definition) is 1. The molecule has 1 aliphatic heterocycles. The van der Waals surface area contributed by atoms with E-state index in [0.29, 0.717) is 18.3 Å². The summed E-state index contributed by atoms with van der Waals surface area (Å²) in [7, 11) is 0. The second kappa shape index (κ2) is 3.13. The summed E-state index contributed by atoms with van der Waals surface area (Å²) in [4.78, 5) is 0. The van der Waals surface area contributed by atoms with E-state index in [2.05, 4.69) is 21.2 Å². The Kier molecular flexibility index (Phi) is 2.63. The molecule has 0 amide bonds. The highest BCUT2D eigenvalue weighted by atomic mass is 79.9. The molecule has 60 valence electrons. The molecule has 0 spiro atoms. The van der Waals surface area contributed by atoms with Crippen molar-refractivity contribution >= 4 is 15.9 Å². The molecular weight excluding hydrogens is 204 g/mol. The van der Waals surface area contributed by atoms with Gasteiger partial charge in [0.05, 0.1) is 5.41 Å². The lowest BCUT2D eigenvalue weighted by Crippen LogP contribution is -2.33. The van der Waals surface area contributed by atoms with Crippen molar-refractivity contribution in [3.05, 3.63) is 0 Å². The van der Waals surface area contributed by atoms with Gasteiger partial charge in [0.1, 0.15) is 0 Å². The first-order valence-corrected chi connectivity index (χ1v) is 4.38. The predicted octanol–water partition coefficient (Wildman–Crippen LogP) is 1.63. The number of rotatable bonds is 2. The highest BCUT2D eigenvalue weighted by Crippen LogP contribution is 2.34. The van der Waals surface area contributed by atoms with Crippen molar-refractivity contribution in [2.75, 3.05) is 18.4 Å². The fourth-order valence-electron chi connectivity index (χ4n) is 1.12. The normalized spacial score (nSPS) is 33.6. The fourth-order valence-corrected chi connectivity index (χ4v) is 1.85. The first-order chi connectivity index (χ1) is 4.71. The minimum absolute atomic E-state index is 0.394. The second-order valence-electron chi connectivity index (χ2n) is 2.72. The lowest BCUT2D eigenvalue weighted by Gasteiger charge is -2.23. The van der Waals surface area contributed by atoms with Gasteiger partial charge in [-0.25, -0.2) is 8.78 Å². The first-order valence-electron chi connectivity index (χ1n) is 3.26. The zero-order valence-electron chi connectivity index (χ0n) is 5.54. The first kappa shape index (κ1) is 8.40. The molecule has 4 heteroatoms. The molecule has 1 heterocycles. The fraction of sp³-hybridized carbons (Fsp3) is 1.00. The van der Waals surface area contributed by atoms with Crippen molar-refractivity contribution in [3.8, 4) is 0 Å². The van der Waals surface area contributed by atoms with Gasteiger partial charge in [-0.1, -0.05) is 15.9 Å². The van der Waals surface area contributed by atoms with Gasteiger partial charge in [0.25, 0.3) is 0 Å². The van der Waals surface area contributed by atoms with Gasteiger partial charge < -0.3 is 5.32 Å². The topological polar surface area (TPSA) is 12.0 Å². The van der Waals surface area contributed by atoms with E-state index in [-0.39, 0.29) is 0 Å². The lowest BCUT2D eigenvalue weighted by molar-refractivity contribution is 0.0250. The molecule has 0 radical (unpaired) electrons.